The molecule has 0 aliphatic heterocycles. The maximum absolute atomic E-state index is 9.41. The first-order valence-corrected chi connectivity index (χ1v) is 6.54. The quantitative estimate of drug-likeness (QED) is 0.776. The summed E-state index contributed by atoms with van der Waals surface area (Å²) in [7, 11) is 2.16. The van der Waals surface area contributed by atoms with Crippen molar-refractivity contribution in [2.75, 3.05) is 20.1 Å². The fraction of sp³-hybridized carbons (Fsp3) is 0.923. The molecule has 1 rings (SSSR count). The molecule has 1 N–H and O–H groups in total. The number of nitrogens with one attached hydrogen (secondary N) is 1. The molecule has 92 valence electrons. The van der Waals surface area contributed by atoms with Gasteiger partial charge < -0.3 is 4.90 Å². The smallest absolute Gasteiger partial charge is 0.108 e. The van der Waals surface area contributed by atoms with Gasteiger partial charge in [-0.1, -0.05) is 13.8 Å². The normalized spacial score (nSPS) is 30.3. The lowest BCUT2D eigenvalue weighted by Crippen LogP contribution is -2.52. The third-order valence-electron chi connectivity index (χ3n) is 3.77. The Hall–Kier alpha value is -0.590. The summed E-state index contributed by atoms with van der Waals surface area (Å²) in [6.45, 7) is 6.36. The van der Waals surface area contributed by atoms with Crippen LogP contribution in [-0.4, -0.2) is 36.6 Å². The summed E-state index contributed by atoms with van der Waals surface area (Å²) in [4.78, 5) is 2.37. The summed E-state index contributed by atoms with van der Waals surface area (Å²) in [5.41, 5.74) is -0.262. The van der Waals surface area contributed by atoms with Crippen molar-refractivity contribution < 1.29 is 0 Å². The van der Waals surface area contributed by atoms with Crippen LogP contribution in [0, 0.1) is 11.3 Å². The molecule has 1 saturated carbocycles. The van der Waals surface area contributed by atoms with Gasteiger partial charge in [-0.2, -0.15) is 5.26 Å². The van der Waals surface area contributed by atoms with Crippen molar-refractivity contribution in [1.82, 2.24) is 10.2 Å². The van der Waals surface area contributed by atoms with Gasteiger partial charge in [-0.3, -0.25) is 5.32 Å². The summed E-state index contributed by atoms with van der Waals surface area (Å²) < 4.78 is 0. The molecule has 0 radical (unpaired) electrons. The Kier molecular flexibility index (Phi) is 5.24. The molecule has 2 unspecified atom stereocenters. The fourth-order valence-electron chi connectivity index (χ4n) is 2.55. The van der Waals surface area contributed by atoms with Gasteiger partial charge in [-0.05, 0) is 52.2 Å². The van der Waals surface area contributed by atoms with E-state index >= 15 is 0 Å². The van der Waals surface area contributed by atoms with Gasteiger partial charge in [0.2, 0.25) is 0 Å². The lowest BCUT2D eigenvalue weighted by molar-refractivity contribution is 0.150. The van der Waals surface area contributed by atoms with Crippen LogP contribution in [0.2, 0.25) is 0 Å². The molecule has 0 amide bonds. The molecular weight excluding hydrogens is 198 g/mol. The van der Waals surface area contributed by atoms with E-state index in [1.165, 1.54) is 12.8 Å². The maximum Gasteiger partial charge on any atom is 0.108 e. The van der Waals surface area contributed by atoms with Crippen LogP contribution in [0.5, 0.6) is 0 Å². The Morgan fingerprint density at radius 3 is 2.81 bits per heavy atom. The Balaban J connectivity index is 2.61. The van der Waals surface area contributed by atoms with E-state index in [2.05, 4.69) is 37.2 Å². The zero-order valence-electron chi connectivity index (χ0n) is 10.9. The van der Waals surface area contributed by atoms with Crippen LogP contribution in [0.4, 0.5) is 0 Å². The average molecular weight is 223 g/mol. The van der Waals surface area contributed by atoms with Crippen molar-refractivity contribution in [3.8, 4) is 6.07 Å². The Morgan fingerprint density at radius 1 is 1.50 bits per heavy atom. The molecule has 1 aliphatic rings. The van der Waals surface area contributed by atoms with E-state index in [-0.39, 0.29) is 5.54 Å². The Bertz CT molecular complexity index is 246. The summed E-state index contributed by atoms with van der Waals surface area (Å²) in [5, 5.41) is 12.9. The summed E-state index contributed by atoms with van der Waals surface area (Å²) in [5.74, 6) is 0. The first kappa shape index (κ1) is 13.5. The zero-order chi connectivity index (χ0) is 12.0. The number of hydrogen-bond acceptors (Lipinski definition) is 3. The molecule has 0 aromatic rings. The highest BCUT2D eigenvalue weighted by Gasteiger charge is 2.36. The predicted molar refractivity (Wildman–Crippen MR) is 67.2 cm³/mol. The monoisotopic (exact) mass is 223 g/mol. The standard InChI is InChI=1S/C13H25N3/c1-4-9-15-13(11-14)8-6-7-12(10-13)16(3)5-2/h12,15H,4-10H2,1-3H3. The lowest BCUT2D eigenvalue weighted by Gasteiger charge is -2.40. The van der Waals surface area contributed by atoms with Gasteiger partial charge in [0.05, 0.1) is 6.07 Å². The van der Waals surface area contributed by atoms with E-state index < -0.39 is 0 Å². The van der Waals surface area contributed by atoms with Crippen LogP contribution in [0.1, 0.15) is 46.0 Å². The van der Waals surface area contributed by atoms with Gasteiger partial charge in [0.25, 0.3) is 0 Å². The largest absolute Gasteiger partial charge is 0.304 e. The molecule has 0 spiro atoms. The molecule has 0 heterocycles. The minimum atomic E-state index is -0.262. The van der Waals surface area contributed by atoms with Gasteiger partial charge in [0, 0.05) is 6.04 Å². The van der Waals surface area contributed by atoms with E-state index in [0.717, 1.165) is 32.4 Å². The minimum Gasteiger partial charge on any atom is -0.304 e. The van der Waals surface area contributed by atoms with Crippen LogP contribution in [0.15, 0.2) is 0 Å². The highest BCUT2D eigenvalue weighted by Crippen LogP contribution is 2.30. The van der Waals surface area contributed by atoms with Gasteiger partial charge in [0.15, 0.2) is 0 Å². The molecule has 1 aliphatic carbocycles. The van der Waals surface area contributed by atoms with Crippen molar-refractivity contribution in [3.63, 3.8) is 0 Å². The molecule has 0 aromatic heterocycles. The molecule has 2 atom stereocenters. The molecule has 16 heavy (non-hydrogen) atoms. The van der Waals surface area contributed by atoms with E-state index in [1.807, 2.05) is 0 Å². The molecule has 3 heteroatoms. The molecule has 0 saturated heterocycles. The van der Waals surface area contributed by atoms with Crippen LogP contribution >= 0.6 is 0 Å². The molecule has 0 bridgehead atoms. The second-order valence-corrected chi connectivity index (χ2v) is 4.94. The van der Waals surface area contributed by atoms with Crippen LogP contribution in [0.25, 0.3) is 0 Å². The summed E-state index contributed by atoms with van der Waals surface area (Å²) in [6, 6.07) is 3.10. The Labute approximate surface area is 99.8 Å². The SMILES string of the molecule is CCCNC1(C#N)CCCC(N(C)CC)C1. The van der Waals surface area contributed by atoms with Gasteiger partial charge in [-0.15, -0.1) is 0 Å². The predicted octanol–water partition coefficient (Wildman–Crippen LogP) is 2.14. The van der Waals surface area contributed by atoms with Crippen molar-refractivity contribution in [2.24, 2.45) is 0 Å². The molecule has 0 aromatic carbocycles. The number of nitriles is 1. The van der Waals surface area contributed by atoms with E-state index in [0.29, 0.717) is 6.04 Å². The van der Waals surface area contributed by atoms with Gasteiger partial charge >= 0.3 is 0 Å². The molecular formula is C13H25N3. The van der Waals surface area contributed by atoms with Crippen molar-refractivity contribution in [2.45, 2.75) is 57.5 Å². The highest BCUT2D eigenvalue weighted by molar-refractivity contribution is 5.11. The zero-order valence-corrected chi connectivity index (χ0v) is 10.9. The summed E-state index contributed by atoms with van der Waals surface area (Å²) >= 11 is 0. The second kappa shape index (κ2) is 6.22. The summed E-state index contributed by atoms with van der Waals surface area (Å²) in [6.07, 6.45) is 5.49. The van der Waals surface area contributed by atoms with Crippen molar-refractivity contribution >= 4 is 0 Å². The van der Waals surface area contributed by atoms with Crippen LogP contribution in [0.3, 0.4) is 0 Å². The van der Waals surface area contributed by atoms with Gasteiger partial charge in [-0.25, -0.2) is 0 Å². The Morgan fingerprint density at radius 2 is 2.25 bits per heavy atom. The molecule has 3 nitrogen and oxygen atoms in total. The maximum atomic E-state index is 9.41. The fourth-order valence-corrected chi connectivity index (χ4v) is 2.55. The first-order valence-electron chi connectivity index (χ1n) is 6.54. The van der Waals surface area contributed by atoms with Crippen LogP contribution < -0.4 is 5.32 Å². The van der Waals surface area contributed by atoms with Crippen molar-refractivity contribution in [1.29, 1.82) is 5.26 Å². The number of nitrogens with zero attached hydrogens (tertiary/aromatic N) is 2. The highest BCUT2D eigenvalue weighted by atomic mass is 15.1. The van der Waals surface area contributed by atoms with E-state index in [4.69, 9.17) is 0 Å². The van der Waals surface area contributed by atoms with Crippen molar-refractivity contribution in [3.05, 3.63) is 0 Å². The van der Waals surface area contributed by atoms with E-state index in [1.54, 1.807) is 0 Å². The number of rotatable bonds is 5. The second-order valence-electron chi connectivity index (χ2n) is 4.94. The minimum absolute atomic E-state index is 0.262. The lowest BCUT2D eigenvalue weighted by atomic mass is 9.79. The average Bonchev–Trinajstić information content (AvgIpc) is 2.35. The van der Waals surface area contributed by atoms with Crippen LogP contribution in [-0.2, 0) is 0 Å². The van der Waals surface area contributed by atoms with Gasteiger partial charge in [0.1, 0.15) is 5.54 Å². The third-order valence-corrected chi connectivity index (χ3v) is 3.77. The first-order chi connectivity index (χ1) is 7.67. The molecule has 1 fully saturated rings. The third kappa shape index (κ3) is 3.20. The number of hydrogen-bond donors (Lipinski definition) is 1. The van der Waals surface area contributed by atoms with E-state index in [9.17, 15) is 5.26 Å². The topological polar surface area (TPSA) is 39.1 Å².